The van der Waals surface area contributed by atoms with Gasteiger partial charge < -0.3 is 14.6 Å². The maximum absolute atomic E-state index is 13.3. The summed E-state index contributed by atoms with van der Waals surface area (Å²) in [6.07, 6.45) is 0. The number of carbonyl (C=O) groups is 1. The topological polar surface area (TPSA) is 103 Å². The van der Waals surface area contributed by atoms with Crippen molar-refractivity contribution in [3.05, 3.63) is 46.1 Å². The van der Waals surface area contributed by atoms with Crippen molar-refractivity contribution >= 4 is 11.4 Å². The summed E-state index contributed by atoms with van der Waals surface area (Å²) in [5.41, 5.74) is 4.19. The summed E-state index contributed by atoms with van der Waals surface area (Å²) in [4.78, 5) is 17.7. The van der Waals surface area contributed by atoms with Gasteiger partial charge in [-0.1, -0.05) is 20.8 Å². The monoisotopic (exact) mass is 455 g/mol. The third-order valence-electron chi connectivity index (χ3n) is 5.47. The van der Waals surface area contributed by atoms with Gasteiger partial charge in [0.1, 0.15) is 18.9 Å². The summed E-state index contributed by atoms with van der Waals surface area (Å²) in [6.45, 7) is 12.6. The summed E-state index contributed by atoms with van der Waals surface area (Å²) in [5.74, 6) is 0.939. The fourth-order valence-corrected chi connectivity index (χ4v) is 3.48. The first kappa shape index (κ1) is 24.4. The van der Waals surface area contributed by atoms with E-state index in [4.69, 9.17) is 14.6 Å². The number of fused-ring (bicyclic) bond motifs is 1. The van der Waals surface area contributed by atoms with E-state index < -0.39 is 0 Å². The van der Waals surface area contributed by atoms with Crippen LogP contribution in [0.1, 0.15) is 54.7 Å². The minimum Gasteiger partial charge on any atom is -0.491 e. The predicted octanol–water partition coefficient (Wildman–Crippen LogP) is 2.63. The first-order valence-corrected chi connectivity index (χ1v) is 11.1. The molecule has 33 heavy (non-hydrogen) atoms. The number of aliphatic hydroxyl groups is 1. The number of aryl methyl sites for hydroxylation is 1. The number of hydrogen-bond donors (Lipinski definition) is 1. The van der Waals surface area contributed by atoms with Crippen LogP contribution in [-0.4, -0.2) is 57.2 Å². The average Bonchev–Trinajstić information content (AvgIpc) is 3.12. The van der Waals surface area contributed by atoms with E-state index in [1.807, 2.05) is 32.9 Å². The van der Waals surface area contributed by atoms with E-state index in [2.05, 4.69) is 36.0 Å². The SMILES string of the molecule is CCOc1nn2/c(=N/C)n(CC(=O)c3cc(OCCO)cc(C(C)(C)C)c3)nc2c(C)c1C. The van der Waals surface area contributed by atoms with E-state index in [1.54, 1.807) is 22.3 Å². The minimum absolute atomic E-state index is 0.00841. The molecule has 0 atom stereocenters. The molecule has 0 aliphatic heterocycles. The second-order valence-electron chi connectivity index (χ2n) is 8.90. The van der Waals surface area contributed by atoms with Crippen LogP contribution in [0.3, 0.4) is 0 Å². The second kappa shape index (κ2) is 9.74. The molecular weight excluding hydrogens is 422 g/mol. The summed E-state index contributed by atoms with van der Waals surface area (Å²) < 4.78 is 14.5. The molecule has 1 aromatic carbocycles. The number of nitrogens with zero attached hydrogens (tertiary/aromatic N) is 5. The van der Waals surface area contributed by atoms with Gasteiger partial charge in [0.25, 0.3) is 0 Å². The maximum Gasteiger partial charge on any atom is 0.245 e. The van der Waals surface area contributed by atoms with Crippen LogP contribution in [0.4, 0.5) is 0 Å². The minimum atomic E-state index is -0.179. The highest BCUT2D eigenvalue weighted by atomic mass is 16.5. The number of Topliss-reactive ketones (excluding diaryl/α,β-unsaturated/α-hetero) is 1. The molecule has 0 aliphatic rings. The Morgan fingerprint density at radius 3 is 2.45 bits per heavy atom. The second-order valence-corrected chi connectivity index (χ2v) is 8.90. The van der Waals surface area contributed by atoms with Crippen LogP contribution in [-0.2, 0) is 12.0 Å². The normalized spacial score (nSPS) is 12.4. The third-order valence-corrected chi connectivity index (χ3v) is 5.47. The van der Waals surface area contributed by atoms with Gasteiger partial charge in [-0.05, 0) is 49.9 Å². The molecule has 2 aromatic heterocycles. The molecule has 9 heteroatoms. The van der Waals surface area contributed by atoms with Crippen LogP contribution in [0.2, 0.25) is 0 Å². The number of rotatable bonds is 8. The Kier molecular flexibility index (Phi) is 7.22. The van der Waals surface area contributed by atoms with Crippen LogP contribution in [0, 0.1) is 13.8 Å². The maximum atomic E-state index is 13.3. The van der Waals surface area contributed by atoms with Crippen molar-refractivity contribution in [2.24, 2.45) is 4.99 Å². The van der Waals surface area contributed by atoms with Gasteiger partial charge in [-0.3, -0.25) is 9.79 Å². The fourth-order valence-electron chi connectivity index (χ4n) is 3.48. The van der Waals surface area contributed by atoms with Gasteiger partial charge in [0, 0.05) is 23.7 Å². The van der Waals surface area contributed by atoms with Gasteiger partial charge in [-0.25, -0.2) is 4.68 Å². The van der Waals surface area contributed by atoms with Gasteiger partial charge in [-0.15, -0.1) is 10.2 Å². The quantitative estimate of drug-likeness (QED) is 0.524. The summed E-state index contributed by atoms with van der Waals surface area (Å²) in [7, 11) is 1.64. The van der Waals surface area contributed by atoms with Gasteiger partial charge in [0.15, 0.2) is 11.4 Å². The van der Waals surface area contributed by atoms with E-state index in [0.29, 0.717) is 35.1 Å². The van der Waals surface area contributed by atoms with Crippen molar-refractivity contribution in [3.8, 4) is 11.6 Å². The molecule has 2 heterocycles. The molecule has 1 N–H and O–H groups in total. The highest BCUT2D eigenvalue weighted by Gasteiger charge is 2.20. The van der Waals surface area contributed by atoms with Crippen LogP contribution >= 0.6 is 0 Å². The molecule has 3 aromatic rings. The smallest absolute Gasteiger partial charge is 0.245 e. The van der Waals surface area contributed by atoms with Crippen molar-refractivity contribution in [1.82, 2.24) is 19.4 Å². The van der Waals surface area contributed by atoms with Gasteiger partial charge in [0.05, 0.1) is 13.2 Å². The molecular formula is C24H33N5O4. The van der Waals surface area contributed by atoms with Crippen LogP contribution in [0.5, 0.6) is 11.6 Å². The number of ether oxygens (including phenoxy) is 2. The Balaban J connectivity index is 2.05. The van der Waals surface area contributed by atoms with Crippen molar-refractivity contribution in [1.29, 1.82) is 0 Å². The number of benzene rings is 1. The molecule has 0 aliphatic carbocycles. The molecule has 0 bridgehead atoms. The summed E-state index contributed by atoms with van der Waals surface area (Å²) >= 11 is 0. The standard InChI is InChI=1S/C24H33N5O4/c1-8-32-22-16(3)15(2)21-26-28(23(25-7)29(21)27-22)14-20(31)17-11-18(24(4,5)6)13-19(12-17)33-10-9-30/h11-13,30H,8-10,14H2,1-7H3/b25-23+. The average molecular weight is 456 g/mol. The molecule has 178 valence electrons. The van der Waals surface area contributed by atoms with E-state index in [-0.39, 0.29) is 31.0 Å². The molecule has 0 amide bonds. The number of aromatic nitrogens is 4. The zero-order valence-electron chi connectivity index (χ0n) is 20.5. The molecule has 0 radical (unpaired) electrons. The Hall–Kier alpha value is -3.20. The fraction of sp³-hybridized carbons (Fsp3) is 0.500. The molecule has 9 nitrogen and oxygen atoms in total. The molecule has 0 saturated carbocycles. The number of carbonyl (C=O) groups excluding carboxylic acids is 1. The molecule has 0 saturated heterocycles. The molecule has 3 rings (SSSR count). The Morgan fingerprint density at radius 2 is 1.85 bits per heavy atom. The highest BCUT2D eigenvalue weighted by Crippen LogP contribution is 2.28. The Bertz CT molecular complexity index is 1230. The number of aliphatic hydroxyl groups excluding tert-OH is 1. The molecule has 0 unspecified atom stereocenters. The van der Waals surface area contributed by atoms with E-state index in [9.17, 15) is 4.79 Å². The summed E-state index contributed by atoms with van der Waals surface area (Å²) in [6, 6.07) is 5.49. The lowest BCUT2D eigenvalue weighted by molar-refractivity contribution is 0.0965. The largest absolute Gasteiger partial charge is 0.491 e. The van der Waals surface area contributed by atoms with Crippen molar-refractivity contribution < 1.29 is 19.4 Å². The Labute approximate surface area is 193 Å². The van der Waals surface area contributed by atoms with Gasteiger partial charge in [0.2, 0.25) is 11.5 Å². The third kappa shape index (κ3) is 5.08. The lowest BCUT2D eigenvalue weighted by Gasteiger charge is -2.21. The van der Waals surface area contributed by atoms with Crippen molar-refractivity contribution in [2.45, 2.75) is 53.5 Å². The van der Waals surface area contributed by atoms with Crippen LogP contribution in [0.25, 0.3) is 5.65 Å². The van der Waals surface area contributed by atoms with E-state index >= 15 is 0 Å². The van der Waals surface area contributed by atoms with E-state index in [1.165, 1.54) is 0 Å². The van der Waals surface area contributed by atoms with Gasteiger partial charge >= 0.3 is 0 Å². The van der Waals surface area contributed by atoms with Crippen LogP contribution in [0.15, 0.2) is 23.2 Å². The lowest BCUT2D eigenvalue weighted by atomic mass is 9.85. The first-order valence-electron chi connectivity index (χ1n) is 11.1. The number of ketones is 1. The van der Waals surface area contributed by atoms with Gasteiger partial charge in [-0.2, -0.15) is 4.52 Å². The van der Waals surface area contributed by atoms with Crippen molar-refractivity contribution in [3.63, 3.8) is 0 Å². The molecule has 0 fully saturated rings. The zero-order chi connectivity index (χ0) is 24.3. The van der Waals surface area contributed by atoms with E-state index in [0.717, 1.165) is 16.7 Å². The zero-order valence-corrected chi connectivity index (χ0v) is 20.5. The lowest BCUT2D eigenvalue weighted by Crippen LogP contribution is -2.28. The Morgan fingerprint density at radius 1 is 1.12 bits per heavy atom. The molecule has 0 spiro atoms. The van der Waals surface area contributed by atoms with Crippen LogP contribution < -0.4 is 15.1 Å². The predicted molar refractivity (Wildman–Crippen MR) is 125 cm³/mol. The first-order chi connectivity index (χ1) is 15.6. The van der Waals surface area contributed by atoms with Crippen molar-refractivity contribution in [2.75, 3.05) is 26.9 Å². The number of hydrogen-bond acceptors (Lipinski definition) is 7. The highest BCUT2D eigenvalue weighted by molar-refractivity contribution is 5.96. The summed E-state index contributed by atoms with van der Waals surface area (Å²) in [5, 5.41) is 18.3.